The number of hydrogen-bond acceptors (Lipinski definition) is 3. The van der Waals surface area contributed by atoms with Crippen molar-refractivity contribution in [2.75, 3.05) is 0 Å². The van der Waals surface area contributed by atoms with Gasteiger partial charge in [-0.3, -0.25) is 4.79 Å². The highest BCUT2D eigenvalue weighted by Gasteiger charge is 2.35. The molecule has 3 aromatic rings. The van der Waals surface area contributed by atoms with Crippen molar-refractivity contribution < 1.29 is 14.3 Å². The number of nitrogens with one attached hydrogen (secondary N) is 1. The minimum atomic E-state index is -0.297. The maximum Gasteiger partial charge on any atom is 0.415 e. The van der Waals surface area contributed by atoms with Crippen LogP contribution < -0.4 is 10.1 Å². The van der Waals surface area contributed by atoms with Gasteiger partial charge in [0.25, 0.3) is 0 Å². The average Bonchev–Trinajstić information content (AvgIpc) is 3.78. The lowest BCUT2D eigenvalue weighted by atomic mass is 9.74. The van der Waals surface area contributed by atoms with Crippen molar-refractivity contribution in [2.24, 2.45) is 5.92 Å². The van der Waals surface area contributed by atoms with E-state index in [1.807, 2.05) is 48.2 Å². The van der Waals surface area contributed by atoms with Crippen LogP contribution in [0.5, 0.6) is 5.75 Å². The number of benzene rings is 3. The second-order valence-corrected chi connectivity index (χ2v) is 10.4. The Balaban J connectivity index is 1.24. The fourth-order valence-electron chi connectivity index (χ4n) is 5.43. The third-order valence-electron chi connectivity index (χ3n) is 7.69. The molecule has 5 nitrogen and oxygen atoms in total. The smallest absolute Gasteiger partial charge is 0.410 e. The van der Waals surface area contributed by atoms with Gasteiger partial charge in [-0.2, -0.15) is 0 Å². The summed E-state index contributed by atoms with van der Waals surface area (Å²) in [6.45, 7) is 2.58. The lowest BCUT2D eigenvalue weighted by molar-refractivity contribution is -0.127. The van der Waals surface area contributed by atoms with Gasteiger partial charge in [-0.15, -0.1) is 0 Å². The minimum absolute atomic E-state index is 0.0114. The minimum Gasteiger partial charge on any atom is -0.410 e. The van der Waals surface area contributed by atoms with Crippen LogP contribution in [0.3, 0.4) is 0 Å². The maximum atomic E-state index is 13.3. The largest absolute Gasteiger partial charge is 0.415 e. The lowest BCUT2D eigenvalue weighted by Crippen LogP contribution is -2.37. The number of para-hydroxylation sites is 1. The van der Waals surface area contributed by atoms with Gasteiger partial charge in [-0.25, -0.2) is 4.79 Å². The summed E-state index contributed by atoms with van der Waals surface area (Å²) in [5.41, 5.74) is 3.41. The number of carbonyl (C=O) groups is 2. The standard InChI is InChI=1S/C32H36N2O3/c1-23(25-10-4-2-5-11-25)33-31(35)30-15-9-8-14-29(30)26-18-16-24(17-19-26)22-34(27-20-21-27)32(36)37-28-12-6-3-7-13-28/h2-7,10-13,16-19,23,27,29-30H,8-9,14-15,20-22H2,1H3,(H,33,35)/t23-,29+,30-/m0/s1. The molecule has 37 heavy (non-hydrogen) atoms. The second kappa shape index (κ2) is 11.6. The summed E-state index contributed by atoms with van der Waals surface area (Å²) >= 11 is 0. The van der Waals surface area contributed by atoms with E-state index >= 15 is 0 Å². The molecule has 2 amide bonds. The number of amides is 2. The zero-order chi connectivity index (χ0) is 25.6. The molecule has 0 bridgehead atoms. The first kappa shape index (κ1) is 25.1. The highest BCUT2D eigenvalue weighted by Crippen LogP contribution is 2.38. The fourth-order valence-corrected chi connectivity index (χ4v) is 5.43. The van der Waals surface area contributed by atoms with E-state index in [0.29, 0.717) is 12.3 Å². The Morgan fingerprint density at radius 2 is 1.51 bits per heavy atom. The highest BCUT2D eigenvalue weighted by atomic mass is 16.6. The summed E-state index contributed by atoms with van der Waals surface area (Å²) in [6.07, 6.45) is 5.91. The van der Waals surface area contributed by atoms with Crippen LogP contribution in [0.4, 0.5) is 4.79 Å². The molecule has 0 aliphatic heterocycles. The monoisotopic (exact) mass is 496 g/mol. The molecule has 3 atom stereocenters. The first-order valence-electron chi connectivity index (χ1n) is 13.6. The van der Waals surface area contributed by atoms with Crippen LogP contribution in [0.1, 0.15) is 74.1 Å². The van der Waals surface area contributed by atoms with Crippen LogP contribution in [0.15, 0.2) is 84.9 Å². The summed E-state index contributed by atoms with van der Waals surface area (Å²) < 4.78 is 5.62. The molecular formula is C32H36N2O3. The number of hydrogen-bond donors (Lipinski definition) is 1. The molecule has 0 heterocycles. The molecule has 0 radical (unpaired) electrons. The van der Waals surface area contributed by atoms with Gasteiger partial charge in [0.15, 0.2) is 0 Å². The van der Waals surface area contributed by atoms with Gasteiger partial charge < -0.3 is 15.0 Å². The normalized spacial score (nSPS) is 20.0. The first-order chi connectivity index (χ1) is 18.1. The van der Waals surface area contributed by atoms with E-state index in [1.165, 1.54) is 5.56 Å². The Kier molecular flexibility index (Phi) is 7.88. The Morgan fingerprint density at radius 1 is 0.865 bits per heavy atom. The summed E-state index contributed by atoms with van der Waals surface area (Å²) in [4.78, 5) is 28.0. The predicted molar refractivity (Wildman–Crippen MR) is 145 cm³/mol. The van der Waals surface area contributed by atoms with Crippen molar-refractivity contribution in [1.82, 2.24) is 10.2 Å². The van der Waals surface area contributed by atoms with Gasteiger partial charge in [0.05, 0.1) is 6.04 Å². The number of nitrogens with zero attached hydrogens (tertiary/aromatic N) is 1. The number of rotatable bonds is 8. The van der Waals surface area contributed by atoms with Gasteiger partial charge in [0, 0.05) is 18.5 Å². The third kappa shape index (κ3) is 6.40. The van der Waals surface area contributed by atoms with Crippen molar-refractivity contribution in [3.63, 3.8) is 0 Å². The van der Waals surface area contributed by atoms with E-state index in [1.54, 1.807) is 12.1 Å². The van der Waals surface area contributed by atoms with Gasteiger partial charge in [0.2, 0.25) is 5.91 Å². The SMILES string of the molecule is C[C@H](NC(=O)[C@H]1CCCC[C@@H]1c1ccc(CN(C(=O)Oc2ccccc2)C2CC2)cc1)c1ccccc1. The number of carbonyl (C=O) groups excluding carboxylic acids is 2. The van der Waals surface area contributed by atoms with Gasteiger partial charge in [-0.05, 0) is 67.3 Å². The molecule has 5 rings (SSSR count). The summed E-state index contributed by atoms with van der Waals surface area (Å²) in [5.74, 6) is 0.910. The van der Waals surface area contributed by atoms with E-state index in [4.69, 9.17) is 4.74 Å². The maximum absolute atomic E-state index is 13.3. The Labute approximate surface area is 219 Å². The summed E-state index contributed by atoms with van der Waals surface area (Å²) in [7, 11) is 0. The van der Waals surface area contributed by atoms with Gasteiger partial charge in [-0.1, -0.05) is 85.6 Å². The molecule has 5 heteroatoms. The van der Waals surface area contributed by atoms with Gasteiger partial charge in [0.1, 0.15) is 5.75 Å². The zero-order valence-corrected chi connectivity index (χ0v) is 21.5. The van der Waals surface area contributed by atoms with Crippen molar-refractivity contribution in [1.29, 1.82) is 0 Å². The molecule has 2 aliphatic carbocycles. The highest BCUT2D eigenvalue weighted by molar-refractivity contribution is 5.80. The molecule has 0 saturated heterocycles. The second-order valence-electron chi connectivity index (χ2n) is 10.4. The van der Waals surface area contributed by atoms with Crippen LogP contribution in [-0.4, -0.2) is 22.9 Å². The molecular weight excluding hydrogens is 460 g/mol. The molecule has 0 aromatic heterocycles. The Bertz CT molecular complexity index is 1180. The van der Waals surface area contributed by atoms with Crippen LogP contribution in [0, 0.1) is 5.92 Å². The molecule has 1 N–H and O–H groups in total. The van der Waals surface area contributed by atoms with Crippen LogP contribution >= 0.6 is 0 Å². The van der Waals surface area contributed by atoms with Crippen LogP contribution in [-0.2, 0) is 11.3 Å². The predicted octanol–water partition coefficient (Wildman–Crippen LogP) is 7.00. The Morgan fingerprint density at radius 3 is 2.19 bits per heavy atom. The molecule has 2 saturated carbocycles. The van der Waals surface area contributed by atoms with Gasteiger partial charge >= 0.3 is 6.09 Å². The first-order valence-corrected chi connectivity index (χ1v) is 13.6. The number of ether oxygens (including phenoxy) is 1. The molecule has 2 fully saturated rings. The quantitative estimate of drug-likeness (QED) is 0.365. The lowest BCUT2D eigenvalue weighted by Gasteiger charge is -2.32. The third-order valence-corrected chi connectivity index (χ3v) is 7.69. The molecule has 2 aliphatic rings. The van der Waals surface area contributed by atoms with Crippen molar-refractivity contribution in [2.45, 2.75) is 70.0 Å². The van der Waals surface area contributed by atoms with Crippen LogP contribution in [0.2, 0.25) is 0 Å². The van der Waals surface area contributed by atoms with E-state index in [-0.39, 0.29) is 35.9 Å². The Hall–Kier alpha value is -3.60. The van der Waals surface area contributed by atoms with Crippen molar-refractivity contribution in [3.05, 3.63) is 102 Å². The van der Waals surface area contributed by atoms with E-state index in [9.17, 15) is 9.59 Å². The molecule has 192 valence electrons. The summed E-state index contributed by atoms with van der Waals surface area (Å²) in [6, 6.07) is 28.1. The fraction of sp³-hybridized carbons (Fsp3) is 0.375. The van der Waals surface area contributed by atoms with Crippen LogP contribution in [0.25, 0.3) is 0 Å². The topological polar surface area (TPSA) is 58.6 Å². The molecule has 3 aromatic carbocycles. The van der Waals surface area contributed by atoms with Crippen molar-refractivity contribution >= 4 is 12.0 Å². The van der Waals surface area contributed by atoms with E-state index < -0.39 is 0 Å². The zero-order valence-electron chi connectivity index (χ0n) is 21.5. The summed E-state index contributed by atoms with van der Waals surface area (Å²) in [5, 5.41) is 3.26. The molecule has 0 unspecified atom stereocenters. The molecule has 0 spiro atoms. The van der Waals surface area contributed by atoms with E-state index in [0.717, 1.165) is 49.7 Å². The average molecular weight is 497 g/mol. The van der Waals surface area contributed by atoms with E-state index in [2.05, 4.69) is 41.7 Å². The van der Waals surface area contributed by atoms with Crippen molar-refractivity contribution in [3.8, 4) is 5.75 Å².